The van der Waals surface area contributed by atoms with Gasteiger partial charge in [0, 0.05) is 10.6 Å². The maximum atomic E-state index is 12.3. The van der Waals surface area contributed by atoms with Crippen molar-refractivity contribution in [3.63, 3.8) is 0 Å². The normalized spacial score (nSPS) is 13.3. The first kappa shape index (κ1) is 19.0. The molecule has 0 aromatic heterocycles. The molecule has 7 heteroatoms. The molecule has 0 aliphatic heterocycles. The van der Waals surface area contributed by atoms with Gasteiger partial charge in [0.15, 0.2) is 0 Å². The molecule has 3 N–H and O–H groups in total. The van der Waals surface area contributed by atoms with E-state index < -0.39 is 29.9 Å². The highest BCUT2D eigenvalue weighted by Crippen LogP contribution is 2.11. The van der Waals surface area contributed by atoms with Crippen LogP contribution >= 0.6 is 11.6 Å². The van der Waals surface area contributed by atoms with Crippen LogP contribution in [-0.4, -0.2) is 35.0 Å². The van der Waals surface area contributed by atoms with Gasteiger partial charge in [0.2, 0.25) is 5.91 Å². The van der Waals surface area contributed by atoms with Crippen molar-refractivity contribution in [2.75, 3.05) is 0 Å². The molecule has 1 aromatic carbocycles. The van der Waals surface area contributed by atoms with Gasteiger partial charge in [-0.1, -0.05) is 32.4 Å². The molecule has 1 rings (SSSR count). The number of carboxylic acids is 1. The second-order valence-electron chi connectivity index (χ2n) is 5.51. The first-order chi connectivity index (χ1) is 10.8. The number of halogens is 1. The Labute approximate surface area is 140 Å². The minimum atomic E-state index is -1.10. The van der Waals surface area contributed by atoms with E-state index in [-0.39, 0.29) is 12.3 Å². The molecular formula is C16H21ClN2O4. The number of carbonyl (C=O) groups is 3. The van der Waals surface area contributed by atoms with Gasteiger partial charge in [-0.05, 0) is 36.6 Å². The van der Waals surface area contributed by atoms with Crippen molar-refractivity contribution in [1.82, 2.24) is 10.6 Å². The van der Waals surface area contributed by atoms with Gasteiger partial charge in [-0.2, -0.15) is 0 Å². The molecule has 0 bridgehead atoms. The summed E-state index contributed by atoms with van der Waals surface area (Å²) in [5, 5.41) is 14.6. The van der Waals surface area contributed by atoms with Gasteiger partial charge < -0.3 is 15.7 Å². The predicted molar refractivity (Wildman–Crippen MR) is 87.4 cm³/mol. The summed E-state index contributed by atoms with van der Waals surface area (Å²) >= 11 is 5.77. The van der Waals surface area contributed by atoms with Crippen molar-refractivity contribution in [3.05, 3.63) is 34.9 Å². The molecule has 6 nitrogen and oxygen atoms in total. The van der Waals surface area contributed by atoms with Gasteiger partial charge in [0.05, 0.1) is 0 Å². The van der Waals surface area contributed by atoms with Crippen LogP contribution in [0.5, 0.6) is 0 Å². The average molecular weight is 341 g/mol. The Morgan fingerprint density at radius 1 is 1.13 bits per heavy atom. The lowest BCUT2D eigenvalue weighted by Gasteiger charge is -2.23. The number of hydrogen-bond donors (Lipinski definition) is 3. The van der Waals surface area contributed by atoms with E-state index >= 15 is 0 Å². The second-order valence-corrected chi connectivity index (χ2v) is 5.95. The first-order valence-corrected chi connectivity index (χ1v) is 7.73. The Kier molecular flexibility index (Phi) is 7.03. The zero-order valence-electron chi connectivity index (χ0n) is 13.3. The first-order valence-electron chi connectivity index (χ1n) is 7.35. The van der Waals surface area contributed by atoms with Gasteiger partial charge >= 0.3 is 5.97 Å². The molecule has 0 radical (unpaired) electrons. The predicted octanol–water partition coefficient (Wildman–Crippen LogP) is 2.07. The standard InChI is InChI=1S/C16H21ClN2O4/c1-4-12(16(22)23)18-15(21)13(9(2)3)19-14(20)10-5-7-11(17)8-6-10/h5-9,12-13H,4H2,1-3H3,(H,18,21)(H,19,20)(H,22,23). The topological polar surface area (TPSA) is 95.5 Å². The van der Waals surface area contributed by atoms with Crippen LogP contribution in [-0.2, 0) is 9.59 Å². The van der Waals surface area contributed by atoms with Crippen LogP contribution in [0.1, 0.15) is 37.6 Å². The largest absolute Gasteiger partial charge is 0.480 e. The lowest BCUT2D eigenvalue weighted by molar-refractivity contribution is -0.142. The Balaban J connectivity index is 2.82. The summed E-state index contributed by atoms with van der Waals surface area (Å²) in [6.07, 6.45) is 0.261. The van der Waals surface area contributed by atoms with Crippen LogP contribution in [0.15, 0.2) is 24.3 Å². The zero-order valence-corrected chi connectivity index (χ0v) is 14.1. The molecule has 0 aliphatic carbocycles. The molecule has 0 fully saturated rings. The summed E-state index contributed by atoms with van der Waals surface area (Å²) in [6.45, 7) is 5.21. The fraction of sp³-hybridized carbons (Fsp3) is 0.438. The highest BCUT2D eigenvalue weighted by atomic mass is 35.5. The summed E-state index contributed by atoms with van der Waals surface area (Å²) in [4.78, 5) is 35.5. The molecular weight excluding hydrogens is 320 g/mol. The Morgan fingerprint density at radius 2 is 1.70 bits per heavy atom. The number of rotatable bonds is 7. The quantitative estimate of drug-likeness (QED) is 0.708. The van der Waals surface area contributed by atoms with E-state index in [1.165, 1.54) is 0 Å². The molecule has 2 atom stereocenters. The lowest BCUT2D eigenvalue weighted by atomic mass is 10.0. The highest BCUT2D eigenvalue weighted by Gasteiger charge is 2.28. The molecule has 0 saturated heterocycles. The van der Waals surface area contributed by atoms with E-state index in [4.69, 9.17) is 16.7 Å². The van der Waals surface area contributed by atoms with Gasteiger partial charge in [0.1, 0.15) is 12.1 Å². The third kappa shape index (κ3) is 5.56. The van der Waals surface area contributed by atoms with E-state index in [0.29, 0.717) is 10.6 Å². The summed E-state index contributed by atoms with van der Waals surface area (Å²) < 4.78 is 0. The minimum Gasteiger partial charge on any atom is -0.480 e. The minimum absolute atomic E-state index is 0.197. The van der Waals surface area contributed by atoms with Crippen molar-refractivity contribution in [2.24, 2.45) is 5.92 Å². The number of amides is 2. The molecule has 0 aliphatic rings. The molecule has 2 unspecified atom stereocenters. The molecule has 0 spiro atoms. The number of aliphatic carboxylic acids is 1. The zero-order chi connectivity index (χ0) is 17.6. The van der Waals surface area contributed by atoms with Crippen molar-refractivity contribution in [3.8, 4) is 0 Å². The van der Waals surface area contributed by atoms with E-state index in [9.17, 15) is 14.4 Å². The molecule has 126 valence electrons. The van der Waals surface area contributed by atoms with Crippen molar-refractivity contribution in [2.45, 2.75) is 39.3 Å². The number of nitrogens with one attached hydrogen (secondary N) is 2. The van der Waals surface area contributed by atoms with Gasteiger partial charge in [-0.3, -0.25) is 9.59 Å². The smallest absolute Gasteiger partial charge is 0.326 e. The van der Waals surface area contributed by atoms with Crippen LogP contribution in [0.25, 0.3) is 0 Å². The average Bonchev–Trinajstić information content (AvgIpc) is 2.49. The van der Waals surface area contributed by atoms with Gasteiger partial charge in [-0.25, -0.2) is 4.79 Å². The van der Waals surface area contributed by atoms with Crippen molar-refractivity contribution in [1.29, 1.82) is 0 Å². The fourth-order valence-electron chi connectivity index (χ4n) is 1.96. The molecule has 0 saturated carbocycles. The molecule has 1 aromatic rings. The lowest BCUT2D eigenvalue weighted by Crippen LogP contribution is -2.53. The Morgan fingerprint density at radius 3 is 2.13 bits per heavy atom. The van der Waals surface area contributed by atoms with Gasteiger partial charge in [0.25, 0.3) is 5.91 Å². The summed E-state index contributed by atoms with van der Waals surface area (Å²) in [5.74, 6) is -2.24. The molecule has 23 heavy (non-hydrogen) atoms. The number of carboxylic acid groups (broad SMARTS) is 1. The Bertz CT molecular complexity index is 572. The maximum absolute atomic E-state index is 12.3. The summed E-state index contributed by atoms with van der Waals surface area (Å²) in [5.41, 5.74) is 0.373. The molecule has 2 amide bonds. The van der Waals surface area contributed by atoms with E-state index in [2.05, 4.69) is 10.6 Å². The highest BCUT2D eigenvalue weighted by molar-refractivity contribution is 6.30. The van der Waals surface area contributed by atoms with E-state index in [1.807, 2.05) is 0 Å². The van der Waals surface area contributed by atoms with E-state index in [0.717, 1.165) is 0 Å². The second kappa shape index (κ2) is 8.53. The van der Waals surface area contributed by atoms with Crippen LogP contribution in [0, 0.1) is 5.92 Å². The summed E-state index contributed by atoms with van der Waals surface area (Å²) in [7, 11) is 0. The molecule has 0 heterocycles. The van der Waals surface area contributed by atoms with Crippen LogP contribution in [0.4, 0.5) is 0 Å². The monoisotopic (exact) mass is 340 g/mol. The van der Waals surface area contributed by atoms with Crippen molar-refractivity contribution >= 4 is 29.4 Å². The number of benzene rings is 1. The van der Waals surface area contributed by atoms with Crippen LogP contribution in [0.2, 0.25) is 5.02 Å². The fourth-order valence-corrected chi connectivity index (χ4v) is 2.09. The Hall–Kier alpha value is -2.08. The SMILES string of the molecule is CCC(NC(=O)C(NC(=O)c1ccc(Cl)cc1)C(C)C)C(=O)O. The number of carbonyl (C=O) groups excluding carboxylic acids is 2. The third-order valence-corrected chi connectivity index (χ3v) is 3.62. The van der Waals surface area contributed by atoms with E-state index in [1.54, 1.807) is 45.0 Å². The maximum Gasteiger partial charge on any atom is 0.326 e. The van der Waals surface area contributed by atoms with Gasteiger partial charge in [-0.15, -0.1) is 0 Å². The van der Waals surface area contributed by atoms with Crippen molar-refractivity contribution < 1.29 is 19.5 Å². The third-order valence-electron chi connectivity index (χ3n) is 3.36. The summed E-state index contributed by atoms with van der Waals surface area (Å²) in [6, 6.07) is 4.47. The number of hydrogen-bond acceptors (Lipinski definition) is 3. The van der Waals surface area contributed by atoms with Crippen LogP contribution < -0.4 is 10.6 Å². The van der Waals surface area contributed by atoms with Crippen LogP contribution in [0.3, 0.4) is 0 Å².